The quantitative estimate of drug-likeness (QED) is 0.936. The first-order chi connectivity index (χ1) is 9.76. The minimum atomic E-state index is 0.867. The third kappa shape index (κ3) is 2.77. The highest BCUT2D eigenvalue weighted by atomic mass is 79.9. The smallest absolute Gasteiger partial charge is 0.134 e. The van der Waals surface area contributed by atoms with Gasteiger partial charge in [0.1, 0.15) is 18.0 Å². The SMILES string of the molecule is CCNc1cc(N2CCc3ccc(Br)cc3C2)ncn1. The average Bonchev–Trinajstić information content (AvgIpc) is 2.47. The van der Waals surface area contributed by atoms with E-state index in [1.807, 2.05) is 6.07 Å². The third-order valence-corrected chi connectivity index (χ3v) is 4.01. The minimum absolute atomic E-state index is 0.867. The van der Waals surface area contributed by atoms with Gasteiger partial charge in [0.25, 0.3) is 0 Å². The van der Waals surface area contributed by atoms with Crippen molar-refractivity contribution >= 4 is 27.6 Å². The largest absolute Gasteiger partial charge is 0.370 e. The summed E-state index contributed by atoms with van der Waals surface area (Å²) in [7, 11) is 0. The van der Waals surface area contributed by atoms with E-state index >= 15 is 0 Å². The average molecular weight is 333 g/mol. The molecule has 1 aromatic heterocycles. The fourth-order valence-corrected chi connectivity index (χ4v) is 2.93. The third-order valence-electron chi connectivity index (χ3n) is 3.52. The first kappa shape index (κ1) is 13.4. The molecule has 0 aliphatic carbocycles. The fourth-order valence-electron chi connectivity index (χ4n) is 2.52. The van der Waals surface area contributed by atoms with E-state index in [1.54, 1.807) is 6.33 Å². The topological polar surface area (TPSA) is 41.0 Å². The number of hydrogen-bond donors (Lipinski definition) is 1. The number of aromatic nitrogens is 2. The molecule has 0 amide bonds. The van der Waals surface area contributed by atoms with E-state index in [4.69, 9.17) is 0 Å². The number of benzene rings is 1. The maximum absolute atomic E-state index is 4.40. The standard InChI is InChI=1S/C15H17BrN4/c1-2-17-14-8-15(19-10-18-14)20-6-5-11-3-4-13(16)7-12(11)9-20/h3-4,7-8,10H,2,5-6,9H2,1H3,(H,17,18,19). The summed E-state index contributed by atoms with van der Waals surface area (Å²) in [6.45, 7) is 4.83. The molecule has 0 fully saturated rings. The van der Waals surface area contributed by atoms with E-state index in [0.29, 0.717) is 0 Å². The van der Waals surface area contributed by atoms with Gasteiger partial charge in [-0.3, -0.25) is 0 Å². The van der Waals surface area contributed by atoms with Gasteiger partial charge in [-0.25, -0.2) is 9.97 Å². The van der Waals surface area contributed by atoms with Crippen molar-refractivity contribution in [1.29, 1.82) is 0 Å². The Morgan fingerprint density at radius 1 is 1.25 bits per heavy atom. The molecule has 0 radical (unpaired) electrons. The molecule has 0 saturated carbocycles. The Labute approximate surface area is 127 Å². The van der Waals surface area contributed by atoms with Crippen LogP contribution in [0.15, 0.2) is 35.1 Å². The maximum atomic E-state index is 4.40. The Hall–Kier alpha value is -1.62. The van der Waals surface area contributed by atoms with E-state index < -0.39 is 0 Å². The molecule has 0 spiro atoms. The number of fused-ring (bicyclic) bond motifs is 1. The summed E-state index contributed by atoms with van der Waals surface area (Å²) in [4.78, 5) is 10.9. The number of hydrogen-bond acceptors (Lipinski definition) is 4. The number of anilines is 2. The number of nitrogens with one attached hydrogen (secondary N) is 1. The zero-order valence-corrected chi connectivity index (χ0v) is 13.0. The van der Waals surface area contributed by atoms with Gasteiger partial charge >= 0.3 is 0 Å². The summed E-state index contributed by atoms with van der Waals surface area (Å²) in [5, 5.41) is 3.23. The van der Waals surface area contributed by atoms with Crippen LogP contribution in [0.4, 0.5) is 11.6 Å². The summed E-state index contributed by atoms with van der Waals surface area (Å²) in [5.74, 6) is 1.87. The summed E-state index contributed by atoms with van der Waals surface area (Å²) in [6.07, 6.45) is 2.69. The van der Waals surface area contributed by atoms with Crippen molar-refractivity contribution in [3.8, 4) is 0 Å². The van der Waals surface area contributed by atoms with E-state index in [-0.39, 0.29) is 0 Å². The van der Waals surface area contributed by atoms with Crippen molar-refractivity contribution in [2.75, 3.05) is 23.3 Å². The van der Waals surface area contributed by atoms with Crippen molar-refractivity contribution in [2.24, 2.45) is 0 Å². The number of nitrogens with zero attached hydrogens (tertiary/aromatic N) is 3. The molecule has 1 aromatic carbocycles. The second-order valence-corrected chi connectivity index (χ2v) is 5.79. The molecule has 0 unspecified atom stereocenters. The van der Waals surface area contributed by atoms with Gasteiger partial charge in [0.15, 0.2) is 0 Å². The Kier molecular flexibility index (Phi) is 3.87. The number of halogens is 1. The van der Waals surface area contributed by atoms with Gasteiger partial charge in [-0.05, 0) is 36.6 Å². The monoisotopic (exact) mass is 332 g/mol. The maximum Gasteiger partial charge on any atom is 0.134 e. The fraction of sp³-hybridized carbons (Fsp3) is 0.333. The Bertz CT molecular complexity index is 615. The molecule has 2 aromatic rings. The highest BCUT2D eigenvalue weighted by Crippen LogP contribution is 2.26. The molecule has 1 aliphatic heterocycles. The molecule has 1 aliphatic rings. The van der Waals surface area contributed by atoms with Crippen LogP contribution in [0.1, 0.15) is 18.1 Å². The van der Waals surface area contributed by atoms with Gasteiger partial charge in [-0.15, -0.1) is 0 Å². The van der Waals surface area contributed by atoms with Gasteiger partial charge in [0.2, 0.25) is 0 Å². The molecular formula is C15H17BrN4. The van der Waals surface area contributed by atoms with Crippen LogP contribution >= 0.6 is 15.9 Å². The van der Waals surface area contributed by atoms with Gasteiger partial charge in [-0.1, -0.05) is 22.0 Å². The van der Waals surface area contributed by atoms with Crippen LogP contribution in [0, 0.1) is 0 Å². The van der Waals surface area contributed by atoms with Crippen LogP contribution in [-0.4, -0.2) is 23.1 Å². The van der Waals surface area contributed by atoms with Crippen molar-refractivity contribution in [3.63, 3.8) is 0 Å². The predicted octanol–water partition coefficient (Wildman–Crippen LogP) is 3.23. The second kappa shape index (κ2) is 5.79. The second-order valence-electron chi connectivity index (χ2n) is 4.88. The normalized spacial score (nSPS) is 14.0. The lowest BCUT2D eigenvalue weighted by Gasteiger charge is -2.30. The molecule has 4 nitrogen and oxygen atoms in total. The van der Waals surface area contributed by atoms with Crippen LogP contribution in [0.5, 0.6) is 0 Å². The van der Waals surface area contributed by atoms with Crippen LogP contribution in [0.25, 0.3) is 0 Å². The van der Waals surface area contributed by atoms with Crippen molar-refractivity contribution in [3.05, 3.63) is 46.2 Å². The summed E-state index contributed by atoms with van der Waals surface area (Å²) in [5.41, 5.74) is 2.81. The van der Waals surface area contributed by atoms with E-state index in [0.717, 1.165) is 42.2 Å². The lowest BCUT2D eigenvalue weighted by atomic mass is 10.00. The molecule has 5 heteroatoms. The van der Waals surface area contributed by atoms with Crippen molar-refractivity contribution in [1.82, 2.24) is 9.97 Å². The summed E-state index contributed by atoms with van der Waals surface area (Å²) < 4.78 is 1.13. The summed E-state index contributed by atoms with van der Waals surface area (Å²) >= 11 is 3.54. The molecule has 1 N–H and O–H groups in total. The number of rotatable bonds is 3. The first-order valence-electron chi connectivity index (χ1n) is 6.84. The molecule has 0 saturated heterocycles. The summed E-state index contributed by atoms with van der Waals surface area (Å²) in [6, 6.07) is 8.55. The highest BCUT2D eigenvalue weighted by Gasteiger charge is 2.18. The van der Waals surface area contributed by atoms with Gasteiger partial charge in [-0.2, -0.15) is 0 Å². The Balaban J connectivity index is 1.84. The Morgan fingerprint density at radius 2 is 2.15 bits per heavy atom. The van der Waals surface area contributed by atoms with Crippen LogP contribution in [0.3, 0.4) is 0 Å². The van der Waals surface area contributed by atoms with E-state index in [1.165, 1.54) is 11.1 Å². The zero-order valence-electron chi connectivity index (χ0n) is 11.4. The van der Waals surface area contributed by atoms with Gasteiger partial charge in [0.05, 0.1) is 0 Å². The van der Waals surface area contributed by atoms with Crippen molar-refractivity contribution in [2.45, 2.75) is 19.9 Å². The molecular weight excluding hydrogens is 316 g/mol. The van der Waals surface area contributed by atoms with Crippen LogP contribution in [0.2, 0.25) is 0 Å². The minimum Gasteiger partial charge on any atom is -0.370 e. The first-order valence-corrected chi connectivity index (χ1v) is 7.63. The predicted molar refractivity (Wildman–Crippen MR) is 85.1 cm³/mol. The van der Waals surface area contributed by atoms with E-state index in [9.17, 15) is 0 Å². The zero-order chi connectivity index (χ0) is 13.9. The molecule has 20 heavy (non-hydrogen) atoms. The molecule has 3 rings (SSSR count). The van der Waals surface area contributed by atoms with Crippen LogP contribution in [-0.2, 0) is 13.0 Å². The van der Waals surface area contributed by atoms with Gasteiger partial charge in [0, 0.05) is 30.2 Å². The molecule has 104 valence electrons. The molecule has 2 heterocycles. The van der Waals surface area contributed by atoms with E-state index in [2.05, 4.69) is 61.2 Å². The highest BCUT2D eigenvalue weighted by molar-refractivity contribution is 9.10. The van der Waals surface area contributed by atoms with Crippen LogP contribution < -0.4 is 10.2 Å². The lowest BCUT2D eigenvalue weighted by Crippen LogP contribution is -2.31. The molecule has 0 atom stereocenters. The van der Waals surface area contributed by atoms with Gasteiger partial charge < -0.3 is 10.2 Å². The lowest BCUT2D eigenvalue weighted by molar-refractivity contribution is 0.719. The Morgan fingerprint density at radius 3 is 3.00 bits per heavy atom. The van der Waals surface area contributed by atoms with Crippen molar-refractivity contribution < 1.29 is 0 Å². The molecule has 0 bridgehead atoms.